The summed E-state index contributed by atoms with van der Waals surface area (Å²) in [5.74, 6) is -1.25. The summed E-state index contributed by atoms with van der Waals surface area (Å²) in [6.07, 6.45) is 1.46. The SMILES string of the molecule is CN(CCS(C)(=O)=O)C(=O)CCCC(=O)O. The molecule has 94 valence electrons. The van der Waals surface area contributed by atoms with E-state index in [4.69, 9.17) is 5.11 Å². The van der Waals surface area contributed by atoms with Crippen LogP contribution in [0.4, 0.5) is 0 Å². The normalized spacial score (nSPS) is 11.1. The van der Waals surface area contributed by atoms with Crippen LogP contribution in [-0.2, 0) is 19.4 Å². The molecule has 0 aromatic carbocycles. The van der Waals surface area contributed by atoms with Crippen molar-refractivity contribution in [2.45, 2.75) is 19.3 Å². The summed E-state index contributed by atoms with van der Waals surface area (Å²) in [6, 6.07) is 0. The first-order valence-electron chi connectivity index (χ1n) is 4.86. The minimum Gasteiger partial charge on any atom is -0.481 e. The summed E-state index contributed by atoms with van der Waals surface area (Å²) in [7, 11) is -1.57. The van der Waals surface area contributed by atoms with Gasteiger partial charge in [-0.05, 0) is 6.42 Å². The molecule has 1 N–H and O–H groups in total. The third kappa shape index (κ3) is 8.22. The number of rotatable bonds is 7. The van der Waals surface area contributed by atoms with Crippen LogP contribution in [0.25, 0.3) is 0 Å². The molecule has 0 aliphatic heterocycles. The van der Waals surface area contributed by atoms with E-state index in [0.29, 0.717) is 0 Å². The Bertz CT molecular complexity index is 349. The van der Waals surface area contributed by atoms with Crippen LogP contribution in [0.2, 0.25) is 0 Å². The molecule has 0 rings (SSSR count). The molecule has 0 heterocycles. The van der Waals surface area contributed by atoms with Crippen molar-refractivity contribution in [3.63, 3.8) is 0 Å². The summed E-state index contributed by atoms with van der Waals surface area (Å²) in [4.78, 5) is 22.9. The van der Waals surface area contributed by atoms with E-state index in [0.717, 1.165) is 6.26 Å². The molecule has 0 aliphatic rings. The van der Waals surface area contributed by atoms with Gasteiger partial charge in [-0.2, -0.15) is 0 Å². The number of sulfone groups is 1. The van der Waals surface area contributed by atoms with Crippen molar-refractivity contribution in [2.75, 3.05) is 25.6 Å². The third-order valence-electron chi connectivity index (χ3n) is 2.00. The number of carboxylic acids is 1. The molecule has 0 atom stereocenters. The zero-order valence-corrected chi connectivity index (χ0v) is 10.3. The van der Waals surface area contributed by atoms with Crippen molar-refractivity contribution < 1.29 is 23.1 Å². The van der Waals surface area contributed by atoms with Gasteiger partial charge in [0.25, 0.3) is 0 Å². The Labute approximate surface area is 95.2 Å². The lowest BCUT2D eigenvalue weighted by Crippen LogP contribution is -2.31. The Kier molecular flexibility index (Phi) is 6.02. The van der Waals surface area contributed by atoms with E-state index in [1.807, 2.05) is 0 Å². The van der Waals surface area contributed by atoms with Gasteiger partial charge in [0.15, 0.2) is 0 Å². The summed E-state index contributed by atoms with van der Waals surface area (Å²) in [5, 5.41) is 8.37. The molecular formula is C9H17NO5S. The van der Waals surface area contributed by atoms with Crippen LogP contribution in [-0.4, -0.2) is 55.9 Å². The average Bonchev–Trinajstić information content (AvgIpc) is 2.12. The predicted octanol–water partition coefficient (Wildman–Crippen LogP) is -0.256. The number of hydrogen-bond acceptors (Lipinski definition) is 4. The number of carbonyl (C=O) groups excluding carboxylic acids is 1. The number of carbonyl (C=O) groups is 2. The van der Waals surface area contributed by atoms with E-state index < -0.39 is 15.8 Å². The highest BCUT2D eigenvalue weighted by atomic mass is 32.2. The molecule has 0 bridgehead atoms. The fourth-order valence-corrected chi connectivity index (χ4v) is 1.61. The number of nitrogens with zero attached hydrogens (tertiary/aromatic N) is 1. The van der Waals surface area contributed by atoms with Crippen LogP contribution in [0, 0.1) is 0 Å². The summed E-state index contributed by atoms with van der Waals surface area (Å²) in [5.41, 5.74) is 0. The lowest BCUT2D eigenvalue weighted by atomic mass is 10.2. The molecule has 16 heavy (non-hydrogen) atoms. The van der Waals surface area contributed by atoms with Crippen LogP contribution < -0.4 is 0 Å². The van der Waals surface area contributed by atoms with Gasteiger partial charge in [0.05, 0.1) is 5.75 Å². The molecule has 0 fully saturated rings. The van der Waals surface area contributed by atoms with Crippen LogP contribution in [0.1, 0.15) is 19.3 Å². The largest absolute Gasteiger partial charge is 0.481 e. The van der Waals surface area contributed by atoms with Gasteiger partial charge in [-0.3, -0.25) is 9.59 Å². The van der Waals surface area contributed by atoms with Gasteiger partial charge in [0, 0.05) is 32.7 Å². The zero-order chi connectivity index (χ0) is 12.8. The highest BCUT2D eigenvalue weighted by Crippen LogP contribution is 2.00. The number of hydrogen-bond donors (Lipinski definition) is 1. The first kappa shape index (κ1) is 14.9. The van der Waals surface area contributed by atoms with E-state index in [1.54, 1.807) is 0 Å². The van der Waals surface area contributed by atoms with Crippen molar-refractivity contribution in [1.29, 1.82) is 0 Å². The van der Waals surface area contributed by atoms with E-state index in [-0.39, 0.29) is 37.5 Å². The van der Waals surface area contributed by atoms with Gasteiger partial charge in [-0.15, -0.1) is 0 Å². The summed E-state index contributed by atoms with van der Waals surface area (Å²) >= 11 is 0. The minimum absolute atomic E-state index is 0.0499. The standard InChI is InChI=1S/C9H17NO5S/c1-10(6-7-16(2,14)15)8(11)4-3-5-9(12)13/h3-7H2,1-2H3,(H,12,13). The predicted molar refractivity (Wildman–Crippen MR) is 58.8 cm³/mol. The Morgan fingerprint density at radius 2 is 1.81 bits per heavy atom. The van der Waals surface area contributed by atoms with Crippen molar-refractivity contribution in [3.8, 4) is 0 Å². The molecule has 0 aromatic rings. The quantitative estimate of drug-likeness (QED) is 0.673. The first-order chi connectivity index (χ1) is 7.22. The monoisotopic (exact) mass is 251 g/mol. The van der Waals surface area contributed by atoms with Crippen molar-refractivity contribution in [3.05, 3.63) is 0 Å². The second kappa shape index (κ2) is 6.47. The van der Waals surface area contributed by atoms with Gasteiger partial charge in [-0.25, -0.2) is 8.42 Å². The van der Waals surface area contributed by atoms with E-state index in [9.17, 15) is 18.0 Å². The third-order valence-corrected chi connectivity index (χ3v) is 2.93. The van der Waals surface area contributed by atoms with Crippen molar-refractivity contribution in [1.82, 2.24) is 4.90 Å². The molecule has 0 spiro atoms. The maximum Gasteiger partial charge on any atom is 0.303 e. The van der Waals surface area contributed by atoms with Gasteiger partial charge in [0.1, 0.15) is 9.84 Å². The smallest absolute Gasteiger partial charge is 0.303 e. The van der Waals surface area contributed by atoms with Crippen molar-refractivity contribution in [2.24, 2.45) is 0 Å². The fraction of sp³-hybridized carbons (Fsp3) is 0.778. The summed E-state index contributed by atoms with van der Waals surface area (Å²) in [6.45, 7) is 0.144. The molecule has 0 radical (unpaired) electrons. The molecule has 6 nitrogen and oxygen atoms in total. The fourth-order valence-electron chi connectivity index (χ4n) is 1.01. The topological polar surface area (TPSA) is 91.8 Å². The molecule has 0 aromatic heterocycles. The van der Waals surface area contributed by atoms with Gasteiger partial charge in [0.2, 0.25) is 5.91 Å². The Morgan fingerprint density at radius 1 is 1.25 bits per heavy atom. The van der Waals surface area contributed by atoms with Gasteiger partial charge >= 0.3 is 5.97 Å². The lowest BCUT2D eigenvalue weighted by Gasteiger charge is -2.16. The average molecular weight is 251 g/mol. The van der Waals surface area contributed by atoms with Gasteiger partial charge in [-0.1, -0.05) is 0 Å². The van der Waals surface area contributed by atoms with E-state index in [1.165, 1.54) is 11.9 Å². The molecule has 0 saturated heterocycles. The van der Waals surface area contributed by atoms with E-state index in [2.05, 4.69) is 0 Å². The van der Waals surface area contributed by atoms with Crippen LogP contribution in [0.3, 0.4) is 0 Å². The van der Waals surface area contributed by atoms with Gasteiger partial charge < -0.3 is 10.0 Å². The maximum atomic E-state index is 11.4. The highest BCUT2D eigenvalue weighted by molar-refractivity contribution is 7.90. The lowest BCUT2D eigenvalue weighted by molar-refractivity contribution is -0.137. The number of carboxylic acid groups (broad SMARTS) is 1. The van der Waals surface area contributed by atoms with Crippen LogP contribution in [0.5, 0.6) is 0 Å². The van der Waals surface area contributed by atoms with Crippen LogP contribution in [0.15, 0.2) is 0 Å². The van der Waals surface area contributed by atoms with Crippen LogP contribution >= 0.6 is 0 Å². The zero-order valence-electron chi connectivity index (χ0n) is 9.47. The molecule has 0 aliphatic carbocycles. The molecule has 0 unspecified atom stereocenters. The molecule has 1 amide bonds. The minimum atomic E-state index is -3.07. The molecule has 0 saturated carbocycles. The maximum absolute atomic E-state index is 11.4. The second-order valence-corrected chi connectivity index (χ2v) is 5.95. The second-order valence-electron chi connectivity index (χ2n) is 3.69. The highest BCUT2D eigenvalue weighted by Gasteiger charge is 2.11. The first-order valence-corrected chi connectivity index (χ1v) is 6.92. The number of aliphatic carboxylic acids is 1. The van der Waals surface area contributed by atoms with E-state index >= 15 is 0 Å². The summed E-state index contributed by atoms with van der Waals surface area (Å²) < 4.78 is 21.7. The molecular weight excluding hydrogens is 234 g/mol. The Balaban J connectivity index is 3.86. The number of amides is 1. The molecule has 7 heteroatoms. The Hall–Kier alpha value is -1.11. The van der Waals surface area contributed by atoms with Crippen molar-refractivity contribution >= 4 is 21.7 Å². The Morgan fingerprint density at radius 3 is 2.25 bits per heavy atom.